The molecular weight excluding hydrogens is 260 g/mol. The van der Waals surface area contributed by atoms with E-state index in [0.29, 0.717) is 12.1 Å². The normalized spacial score (nSPS) is 17.9. The van der Waals surface area contributed by atoms with Crippen LogP contribution in [-0.4, -0.2) is 24.2 Å². The van der Waals surface area contributed by atoms with Gasteiger partial charge in [-0.1, -0.05) is 19.3 Å². The first-order chi connectivity index (χ1) is 10.1. The van der Waals surface area contributed by atoms with Crippen LogP contribution >= 0.6 is 0 Å². The summed E-state index contributed by atoms with van der Waals surface area (Å²) in [4.78, 5) is 4.59. The lowest BCUT2D eigenvalue weighted by Crippen LogP contribution is -2.27. The van der Waals surface area contributed by atoms with Crippen molar-refractivity contribution in [1.82, 2.24) is 10.3 Å². The van der Waals surface area contributed by atoms with Crippen molar-refractivity contribution in [3.05, 3.63) is 28.6 Å². The molecule has 3 heteroatoms. The molecule has 1 aliphatic carbocycles. The molecule has 0 amide bonds. The lowest BCUT2D eigenvalue weighted by atomic mass is 9.98. The van der Waals surface area contributed by atoms with Gasteiger partial charge in [-0.3, -0.25) is 4.98 Å². The van der Waals surface area contributed by atoms with Crippen LogP contribution in [0.15, 0.2) is 6.07 Å². The number of nitrogens with zero attached hydrogens (tertiary/aromatic N) is 1. The van der Waals surface area contributed by atoms with Crippen molar-refractivity contribution in [2.75, 3.05) is 13.2 Å². The summed E-state index contributed by atoms with van der Waals surface area (Å²) in [6.45, 7) is 10.3. The Kier molecular flexibility index (Phi) is 6.19. The molecule has 118 valence electrons. The van der Waals surface area contributed by atoms with Gasteiger partial charge in [-0.15, -0.1) is 0 Å². The van der Waals surface area contributed by atoms with Crippen molar-refractivity contribution in [2.45, 2.75) is 71.9 Å². The molecule has 3 nitrogen and oxygen atoms in total. The fourth-order valence-electron chi connectivity index (χ4n) is 3.52. The first-order valence-electron chi connectivity index (χ1n) is 8.37. The molecule has 21 heavy (non-hydrogen) atoms. The topological polar surface area (TPSA) is 34.1 Å². The van der Waals surface area contributed by atoms with Crippen LogP contribution in [-0.2, 0) is 4.74 Å². The van der Waals surface area contributed by atoms with Gasteiger partial charge < -0.3 is 10.1 Å². The molecule has 1 aromatic rings. The number of aromatic nitrogens is 1. The van der Waals surface area contributed by atoms with E-state index in [-0.39, 0.29) is 0 Å². The highest BCUT2D eigenvalue weighted by Crippen LogP contribution is 2.22. The third kappa shape index (κ3) is 4.79. The molecule has 1 atom stereocenters. The van der Waals surface area contributed by atoms with Crippen molar-refractivity contribution < 1.29 is 4.74 Å². The number of nitrogens with one attached hydrogen (secondary N) is 1. The molecule has 0 aliphatic heterocycles. The fraction of sp³-hybridized carbons (Fsp3) is 0.722. The zero-order valence-electron chi connectivity index (χ0n) is 14.0. The van der Waals surface area contributed by atoms with Gasteiger partial charge in [0.05, 0.1) is 12.7 Å². The number of hydrogen-bond acceptors (Lipinski definition) is 3. The first kappa shape index (κ1) is 16.4. The number of pyridine rings is 1. The van der Waals surface area contributed by atoms with Crippen LogP contribution in [0.25, 0.3) is 0 Å². The Morgan fingerprint density at radius 1 is 1.24 bits per heavy atom. The molecule has 1 saturated carbocycles. The third-order valence-corrected chi connectivity index (χ3v) is 4.48. The van der Waals surface area contributed by atoms with E-state index in [1.54, 1.807) is 0 Å². The molecule has 0 saturated heterocycles. The maximum atomic E-state index is 5.97. The molecule has 0 bridgehead atoms. The molecule has 1 aromatic heterocycles. The molecule has 1 fully saturated rings. The van der Waals surface area contributed by atoms with Gasteiger partial charge in [0.25, 0.3) is 0 Å². The summed E-state index contributed by atoms with van der Waals surface area (Å²) in [6.07, 6.45) is 7.05. The van der Waals surface area contributed by atoms with E-state index < -0.39 is 0 Å². The van der Waals surface area contributed by atoms with Gasteiger partial charge in [0, 0.05) is 24.0 Å². The highest BCUT2D eigenvalue weighted by atomic mass is 16.5. The Bertz CT molecular complexity index is 430. The minimum Gasteiger partial charge on any atom is -0.377 e. The van der Waals surface area contributed by atoms with Crippen molar-refractivity contribution in [1.29, 1.82) is 0 Å². The predicted molar refractivity (Wildman–Crippen MR) is 87.7 cm³/mol. The second-order valence-corrected chi connectivity index (χ2v) is 6.39. The number of ether oxygens (including phenoxy) is 1. The third-order valence-electron chi connectivity index (χ3n) is 4.48. The van der Waals surface area contributed by atoms with Crippen LogP contribution in [0.2, 0.25) is 0 Å². The van der Waals surface area contributed by atoms with Crippen LogP contribution in [0.3, 0.4) is 0 Å². The Hall–Kier alpha value is -0.930. The quantitative estimate of drug-likeness (QED) is 0.804. The van der Waals surface area contributed by atoms with Gasteiger partial charge in [0.1, 0.15) is 0 Å². The van der Waals surface area contributed by atoms with Crippen molar-refractivity contribution in [3.63, 3.8) is 0 Å². The Morgan fingerprint density at radius 3 is 2.62 bits per heavy atom. The highest BCUT2D eigenvalue weighted by molar-refractivity contribution is 5.33. The van der Waals surface area contributed by atoms with E-state index in [2.05, 4.69) is 44.1 Å². The van der Waals surface area contributed by atoms with Gasteiger partial charge in [-0.2, -0.15) is 0 Å². The average Bonchev–Trinajstić information content (AvgIpc) is 2.43. The zero-order chi connectivity index (χ0) is 15.2. The molecule has 1 N–H and O–H groups in total. The highest BCUT2D eigenvalue weighted by Gasteiger charge is 2.15. The maximum Gasteiger partial charge on any atom is 0.0594 e. The summed E-state index contributed by atoms with van der Waals surface area (Å²) in [5.41, 5.74) is 4.90. The molecule has 2 rings (SSSR count). The molecule has 0 radical (unpaired) electrons. The SMILES string of the molecule is Cc1cc(C)c(C(C)NCCOC2CCCCC2)c(C)n1. The molecule has 1 heterocycles. The summed E-state index contributed by atoms with van der Waals surface area (Å²) < 4.78 is 5.97. The van der Waals surface area contributed by atoms with Crippen LogP contribution < -0.4 is 5.32 Å². The van der Waals surface area contributed by atoms with Gasteiger partial charge >= 0.3 is 0 Å². The van der Waals surface area contributed by atoms with Crippen LogP contribution in [0.5, 0.6) is 0 Å². The molecule has 1 aliphatic rings. The van der Waals surface area contributed by atoms with E-state index in [1.807, 2.05) is 0 Å². The lowest BCUT2D eigenvalue weighted by Gasteiger charge is -2.23. The molecular formula is C18H30N2O. The minimum atomic E-state index is 0.327. The van der Waals surface area contributed by atoms with E-state index in [0.717, 1.165) is 24.5 Å². The summed E-state index contributed by atoms with van der Waals surface area (Å²) >= 11 is 0. The first-order valence-corrected chi connectivity index (χ1v) is 8.37. The number of hydrogen-bond donors (Lipinski definition) is 1. The minimum absolute atomic E-state index is 0.327. The van der Waals surface area contributed by atoms with Crippen molar-refractivity contribution in [2.24, 2.45) is 0 Å². The van der Waals surface area contributed by atoms with Gasteiger partial charge in [-0.25, -0.2) is 0 Å². The van der Waals surface area contributed by atoms with Crippen LogP contribution in [0.4, 0.5) is 0 Å². The van der Waals surface area contributed by atoms with Gasteiger partial charge in [0.2, 0.25) is 0 Å². The second kappa shape index (κ2) is 7.90. The zero-order valence-corrected chi connectivity index (χ0v) is 14.0. The smallest absolute Gasteiger partial charge is 0.0594 e. The summed E-state index contributed by atoms with van der Waals surface area (Å²) in [5.74, 6) is 0. The fourth-order valence-corrected chi connectivity index (χ4v) is 3.52. The molecule has 0 aromatic carbocycles. The van der Waals surface area contributed by atoms with Crippen molar-refractivity contribution >= 4 is 0 Å². The number of rotatable bonds is 6. The second-order valence-electron chi connectivity index (χ2n) is 6.39. The molecule has 0 spiro atoms. The Balaban J connectivity index is 1.78. The Morgan fingerprint density at radius 2 is 1.95 bits per heavy atom. The maximum absolute atomic E-state index is 5.97. The monoisotopic (exact) mass is 290 g/mol. The van der Waals surface area contributed by atoms with Crippen LogP contribution in [0.1, 0.15) is 67.6 Å². The lowest BCUT2D eigenvalue weighted by molar-refractivity contribution is 0.0295. The van der Waals surface area contributed by atoms with Crippen molar-refractivity contribution in [3.8, 4) is 0 Å². The summed E-state index contributed by atoms with van der Waals surface area (Å²) in [7, 11) is 0. The summed E-state index contributed by atoms with van der Waals surface area (Å²) in [5, 5.41) is 3.57. The predicted octanol–water partition coefficient (Wildman–Crippen LogP) is 4.01. The standard InChI is InChI=1S/C18H30N2O/c1-13-12-14(2)20-16(4)18(13)15(3)19-10-11-21-17-8-6-5-7-9-17/h12,15,17,19H,5-11H2,1-4H3. The Labute approximate surface area is 129 Å². The van der Waals surface area contributed by atoms with E-state index in [9.17, 15) is 0 Å². The number of aryl methyl sites for hydroxylation is 3. The van der Waals surface area contributed by atoms with Gasteiger partial charge in [0.15, 0.2) is 0 Å². The largest absolute Gasteiger partial charge is 0.377 e. The van der Waals surface area contributed by atoms with E-state index in [1.165, 1.54) is 43.2 Å². The van der Waals surface area contributed by atoms with E-state index in [4.69, 9.17) is 4.74 Å². The van der Waals surface area contributed by atoms with Gasteiger partial charge in [-0.05, 0) is 57.7 Å². The van der Waals surface area contributed by atoms with Crippen LogP contribution in [0, 0.1) is 20.8 Å². The average molecular weight is 290 g/mol. The molecule has 1 unspecified atom stereocenters. The summed E-state index contributed by atoms with van der Waals surface area (Å²) in [6, 6.07) is 2.49. The van der Waals surface area contributed by atoms with E-state index >= 15 is 0 Å².